The van der Waals surface area contributed by atoms with E-state index >= 15 is 0 Å². The zero-order valence-corrected chi connectivity index (χ0v) is 21.9. The van der Waals surface area contributed by atoms with Gasteiger partial charge in [0, 0.05) is 17.3 Å². The fourth-order valence-electron chi connectivity index (χ4n) is 3.66. The fraction of sp³-hybridized carbons (Fsp3) is 0.167. The molecule has 0 aliphatic heterocycles. The Kier molecular flexibility index (Phi) is 7.31. The first-order valence-corrected chi connectivity index (χ1v) is 12.2. The van der Waals surface area contributed by atoms with E-state index in [0.717, 1.165) is 5.56 Å². The van der Waals surface area contributed by atoms with E-state index < -0.39 is 28.0 Å². The van der Waals surface area contributed by atoms with Crippen molar-refractivity contribution < 1.29 is 9.59 Å². The lowest BCUT2D eigenvalue weighted by atomic mass is 10.1. The van der Waals surface area contributed by atoms with E-state index in [1.807, 2.05) is 6.92 Å². The van der Waals surface area contributed by atoms with Crippen LogP contribution in [0, 0.1) is 18.9 Å². The summed E-state index contributed by atoms with van der Waals surface area (Å²) in [6.07, 6.45) is 0. The van der Waals surface area contributed by atoms with Crippen LogP contribution >= 0.6 is 69.6 Å². The second-order valence-corrected chi connectivity index (χ2v) is 10.9. The van der Waals surface area contributed by atoms with E-state index in [9.17, 15) is 9.59 Å². The molecule has 1 fully saturated rings. The van der Waals surface area contributed by atoms with Gasteiger partial charge in [-0.2, -0.15) is 0 Å². The van der Waals surface area contributed by atoms with Gasteiger partial charge in [-0.25, -0.2) is 0 Å². The van der Waals surface area contributed by atoms with Crippen LogP contribution in [0.5, 0.6) is 0 Å². The van der Waals surface area contributed by atoms with E-state index in [4.69, 9.17) is 69.6 Å². The van der Waals surface area contributed by atoms with Crippen LogP contribution in [-0.4, -0.2) is 16.1 Å². The molecule has 1 aliphatic rings. The maximum Gasteiger partial charge on any atom is 0.257 e. The van der Waals surface area contributed by atoms with E-state index in [1.165, 1.54) is 12.1 Å². The van der Waals surface area contributed by atoms with Crippen LogP contribution in [0.1, 0.15) is 27.4 Å². The zero-order chi connectivity index (χ0) is 24.8. The molecule has 2 amide bonds. The summed E-state index contributed by atoms with van der Waals surface area (Å²) in [6.45, 7) is 1.85. The van der Waals surface area contributed by atoms with Crippen molar-refractivity contribution in [3.05, 3.63) is 91.4 Å². The third-order valence-corrected chi connectivity index (χ3v) is 7.97. The van der Waals surface area contributed by atoms with Gasteiger partial charge in [0.15, 0.2) is 0 Å². The molecule has 2 N–H and O–H groups in total. The van der Waals surface area contributed by atoms with Gasteiger partial charge in [-0.3, -0.25) is 9.59 Å². The van der Waals surface area contributed by atoms with E-state index in [2.05, 4.69) is 16.7 Å². The minimum absolute atomic E-state index is 0.193. The first-order chi connectivity index (χ1) is 16.0. The summed E-state index contributed by atoms with van der Waals surface area (Å²) in [7, 11) is 0. The summed E-state index contributed by atoms with van der Waals surface area (Å²) < 4.78 is -1.36. The van der Waals surface area contributed by atoms with Gasteiger partial charge in [0.05, 0.1) is 31.6 Å². The number of hydrogen-bond acceptors (Lipinski definition) is 2. The van der Waals surface area contributed by atoms with Crippen molar-refractivity contribution in [2.45, 2.75) is 17.2 Å². The summed E-state index contributed by atoms with van der Waals surface area (Å²) in [6, 6.07) is 15.9. The highest BCUT2D eigenvalue weighted by Gasteiger charge is 2.67. The Morgan fingerprint density at radius 1 is 0.941 bits per heavy atom. The molecule has 0 bridgehead atoms. The van der Waals surface area contributed by atoms with Gasteiger partial charge in [-0.1, -0.05) is 52.5 Å². The summed E-state index contributed by atoms with van der Waals surface area (Å²) in [5.41, 5.74) is 2.62. The van der Waals surface area contributed by atoms with Crippen LogP contribution in [0.4, 0.5) is 11.4 Å². The molecule has 3 aromatic rings. The Morgan fingerprint density at radius 3 is 2.26 bits per heavy atom. The maximum atomic E-state index is 13.0. The standard InChI is InChI=1S/C24H15Cl6N2O2/c1-11-4-2-3-5-18(11)32-22(33)14-10-13(6-7-15(14)25)31-23(34)20-19(24(20,29)30)12-8-16(26)21(28)17(27)9-12/h3-10,19-20H,1H3,(H,31,34)(H,32,33). The second-order valence-electron chi connectivity index (χ2n) is 7.81. The number of halogens is 6. The Hall–Kier alpha value is -1.66. The van der Waals surface area contributed by atoms with Gasteiger partial charge < -0.3 is 10.6 Å². The van der Waals surface area contributed by atoms with Gasteiger partial charge in [0.25, 0.3) is 5.91 Å². The number of benzene rings is 3. The number of aryl methyl sites for hydroxylation is 1. The van der Waals surface area contributed by atoms with Gasteiger partial charge in [0.2, 0.25) is 5.91 Å². The molecule has 0 saturated heterocycles. The normalized spacial score (nSPS) is 18.3. The van der Waals surface area contributed by atoms with Gasteiger partial charge in [-0.15, -0.1) is 23.2 Å². The Balaban J connectivity index is 1.52. The average molecular weight is 576 g/mol. The third-order valence-electron chi connectivity index (χ3n) is 5.50. The number of rotatable bonds is 5. The van der Waals surface area contributed by atoms with Crippen LogP contribution in [-0.2, 0) is 4.79 Å². The van der Waals surface area contributed by atoms with Crippen molar-refractivity contribution >= 4 is 92.8 Å². The smallest absolute Gasteiger partial charge is 0.257 e. The topological polar surface area (TPSA) is 58.2 Å². The van der Waals surface area contributed by atoms with Crippen molar-refractivity contribution in [3.8, 4) is 0 Å². The number of nitrogens with one attached hydrogen (secondary N) is 2. The predicted octanol–water partition coefficient (Wildman–Crippen LogP) is 8.19. The molecule has 3 aromatic carbocycles. The first kappa shape index (κ1) is 25.4. The maximum absolute atomic E-state index is 13.0. The van der Waals surface area contributed by atoms with Crippen molar-refractivity contribution in [1.29, 1.82) is 0 Å². The molecule has 10 heteroatoms. The molecule has 2 unspecified atom stereocenters. The molecule has 34 heavy (non-hydrogen) atoms. The van der Waals surface area contributed by atoms with Gasteiger partial charge >= 0.3 is 0 Å². The Labute approximate surface area is 226 Å². The Morgan fingerprint density at radius 2 is 1.62 bits per heavy atom. The van der Waals surface area contributed by atoms with Gasteiger partial charge in [-0.05, 0) is 66.6 Å². The molecule has 4 rings (SSSR count). The SMILES string of the molecule is Cc1c[c]ccc1NC(=O)c1cc(NC(=O)C2C(c3cc(Cl)c(Cl)c(Cl)c3)C2(Cl)Cl)ccc1Cl. The first-order valence-electron chi connectivity index (χ1n) is 9.91. The lowest BCUT2D eigenvalue weighted by molar-refractivity contribution is -0.117. The second kappa shape index (κ2) is 9.77. The molecule has 1 saturated carbocycles. The monoisotopic (exact) mass is 573 g/mol. The number of carbonyl (C=O) groups excluding carboxylic acids is 2. The number of anilines is 2. The lowest BCUT2D eigenvalue weighted by Crippen LogP contribution is -2.18. The largest absolute Gasteiger partial charge is 0.326 e. The summed E-state index contributed by atoms with van der Waals surface area (Å²) in [5.74, 6) is -2.18. The minimum Gasteiger partial charge on any atom is -0.326 e. The molecular weight excluding hydrogens is 561 g/mol. The molecule has 2 atom stereocenters. The molecule has 1 aliphatic carbocycles. The molecular formula is C24H15Cl6N2O2. The summed E-state index contributed by atoms with van der Waals surface area (Å²) in [4.78, 5) is 25.8. The van der Waals surface area contributed by atoms with Gasteiger partial charge in [0.1, 0.15) is 4.33 Å². The van der Waals surface area contributed by atoms with Crippen LogP contribution < -0.4 is 10.6 Å². The molecule has 4 nitrogen and oxygen atoms in total. The van der Waals surface area contributed by atoms with E-state index in [1.54, 1.807) is 36.4 Å². The van der Waals surface area contributed by atoms with E-state index in [0.29, 0.717) is 16.9 Å². The minimum atomic E-state index is -1.36. The molecule has 0 spiro atoms. The molecule has 175 valence electrons. The fourth-order valence-corrected chi connectivity index (χ4v) is 5.31. The van der Waals surface area contributed by atoms with Crippen molar-refractivity contribution in [2.24, 2.45) is 5.92 Å². The number of amides is 2. The summed E-state index contributed by atoms with van der Waals surface area (Å²) in [5, 5.41) is 6.47. The van der Waals surface area contributed by atoms with Crippen molar-refractivity contribution in [3.63, 3.8) is 0 Å². The number of alkyl halides is 2. The number of carbonyl (C=O) groups is 2. The lowest BCUT2D eigenvalue weighted by Gasteiger charge is -2.11. The highest BCUT2D eigenvalue weighted by Crippen LogP contribution is 2.65. The van der Waals surface area contributed by atoms with Crippen molar-refractivity contribution in [1.82, 2.24) is 0 Å². The highest BCUT2D eigenvalue weighted by atomic mass is 35.5. The van der Waals surface area contributed by atoms with Crippen LogP contribution in [0.25, 0.3) is 0 Å². The quantitative estimate of drug-likeness (QED) is 0.238. The van der Waals surface area contributed by atoms with E-state index in [-0.39, 0.29) is 25.7 Å². The zero-order valence-electron chi connectivity index (χ0n) is 17.4. The van der Waals surface area contributed by atoms with Crippen LogP contribution in [0.15, 0.2) is 48.5 Å². The Bertz CT molecular complexity index is 1290. The molecule has 1 radical (unpaired) electrons. The highest BCUT2D eigenvalue weighted by molar-refractivity contribution is 6.54. The third kappa shape index (κ3) is 4.99. The number of hydrogen-bond donors (Lipinski definition) is 2. The molecule has 0 heterocycles. The van der Waals surface area contributed by atoms with Crippen LogP contribution in [0.3, 0.4) is 0 Å². The molecule has 0 aromatic heterocycles. The van der Waals surface area contributed by atoms with Crippen LogP contribution in [0.2, 0.25) is 20.1 Å². The summed E-state index contributed by atoms with van der Waals surface area (Å²) >= 11 is 37.3. The average Bonchev–Trinajstić information content (AvgIpc) is 3.36. The predicted molar refractivity (Wildman–Crippen MR) is 140 cm³/mol. The van der Waals surface area contributed by atoms with Crippen molar-refractivity contribution in [2.75, 3.05) is 10.6 Å².